The SMILES string of the molecule is COCCCn1c(SCC(=O)N[C@@H](C)c2cccc(Cl)c2)nc2ccccc2c1=O. The number of methoxy groups -OCH3 is 1. The minimum Gasteiger partial charge on any atom is -0.385 e. The lowest BCUT2D eigenvalue weighted by molar-refractivity contribution is -0.119. The number of para-hydroxylation sites is 1. The molecule has 0 spiro atoms. The van der Waals surface area contributed by atoms with E-state index in [0.29, 0.717) is 40.7 Å². The van der Waals surface area contributed by atoms with Crippen LogP contribution in [-0.2, 0) is 16.1 Å². The number of hydrogen-bond acceptors (Lipinski definition) is 5. The zero-order valence-electron chi connectivity index (χ0n) is 16.9. The van der Waals surface area contributed by atoms with Gasteiger partial charge < -0.3 is 10.1 Å². The Morgan fingerprint density at radius 3 is 2.83 bits per heavy atom. The highest BCUT2D eigenvalue weighted by Gasteiger charge is 2.15. The van der Waals surface area contributed by atoms with Crippen molar-refractivity contribution in [1.82, 2.24) is 14.9 Å². The van der Waals surface area contributed by atoms with Crippen LogP contribution in [0, 0.1) is 0 Å². The van der Waals surface area contributed by atoms with E-state index in [4.69, 9.17) is 16.3 Å². The summed E-state index contributed by atoms with van der Waals surface area (Å²) in [6.07, 6.45) is 0.683. The zero-order chi connectivity index (χ0) is 21.5. The van der Waals surface area contributed by atoms with Gasteiger partial charge in [-0.1, -0.05) is 47.6 Å². The van der Waals surface area contributed by atoms with Crippen LogP contribution in [0.1, 0.15) is 24.9 Å². The molecule has 1 heterocycles. The second kappa shape index (κ2) is 10.6. The standard InChI is InChI=1S/C22H24ClN3O3S/c1-15(16-7-5-8-17(23)13-16)24-20(27)14-30-22-25-19-10-4-3-9-18(19)21(28)26(22)11-6-12-29-2/h3-5,7-10,13,15H,6,11-12,14H2,1-2H3,(H,24,27)/t15-/m0/s1. The Bertz CT molecular complexity index is 1090. The van der Waals surface area contributed by atoms with Crippen LogP contribution in [0.25, 0.3) is 10.9 Å². The monoisotopic (exact) mass is 445 g/mol. The van der Waals surface area contributed by atoms with E-state index in [0.717, 1.165) is 5.56 Å². The van der Waals surface area contributed by atoms with Crippen LogP contribution in [0.15, 0.2) is 58.5 Å². The normalized spacial score (nSPS) is 12.1. The van der Waals surface area contributed by atoms with E-state index in [1.54, 1.807) is 23.8 Å². The number of nitrogens with one attached hydrogen (secondary N) is 1. The smallest absolute Gasteiger partial charge is 0.262 e. The minimum atomic E-state index is -0.176. The maximum atomic E-state index is 12.9. The van der Waals surface area contributed by atoms with Crippen LogP contribution in [0.4, 0.5) is 0 Å². The molecular weight excluding hydrogens is 422 g/mol. The Balaban J connectivity index is 1.74. The quantitative estimate of drug-likeness (QED) is 0.305. The maximum absolute atomic E-state index is 12.9. The van der Waals surface area contributed by atoms with E-state index in [1.807, 2.05) is 43.3 Å². The first-order valence-electron chi connectivity index (χ1n) is 9.65. The highest BCUT2D eigenvalue weighted by Crippen LogP contribution is 2.20. The summed E-state index contributed by atoms with van der Waals surface area (Å²) in [6.45, 7) is 2.93. The molecule has 0 aliphatic heterocycles. The molecule has 30 heavy (non-hydrogen) atoms. The lowest BCUT2D eigenvalue weighted by atomic mass is 10.1. The number of halogens is 1. The van der Waals surface area contributed by atoms with Gasteiger partial charge >= 0.3 is 0 Å². The molecule has 6 nitrogen and oxygen atoms in total. The van der Waals surface area contributed by atoms with E-state index in [9.17, 15) is 9.59 Å². The van der Waals surface area contributed by atoms with E-state index in [-0.39, 0.29) is 23.3 Å². The molecule has 8 heteroatoms. The van der Waals surface area contributed by atoms with Gasteiger partial charge in [0.2, 0.25) is 5.91 Å². The molecule has 1 N–H and O–H groups in total. The molecule has 3 aromatic rings. The summed E-state index contributed by atoms with van der Waals surface area (Å²) >= 11 is 7.29. The summed E-state index contributed by atoms with van der Waals surface area (Å²) in [5.41, 5.74) is 1.45. The van der Waals surface area contributed by atoms with Gasteiger partial charge in [-0.15, -0.1) is 0 Å². The average Bonchev–Trinajstić information content (AvgIpc) is 2.74. The molecule has 1 aromatic heterocycles. The lowest BCUT2D eigenvalue weighted by Gasteiger charge is -2.16. The molecule has 1 atom stereocenters. The third kappa shape index (κ3) is 5.62. The topological polar surface area (TPSA) is 73.2 Å². The number of amides is 1. The lowest BCUT2D eigenvalue weighted by Crippen LogP contribution is -2.29. The van der Waals surface area contributed by atoms with Crippen LogP contribution < -0.4 is 10.9 Å². The number of thioether (sulfide) groups is 1. The Morgan fingerprint density at radius 1 is 1.27 bits per heavy atom. The molecule has 1 amide bonds. The van der Waals surface area contributed by atoms with Gasteiger partial charge in [-0.05, 0) is 43.2 Å². The molecule has 158 valence electrons. The summed E-state index contributed by atoms with van der Waals surface area (Å²) in [7, 11) is 1.63. The van der Waals surface area contributed by atoms with Crippen LogP contribution >= 0.6 is 23.4 Å². The maximum Gasteiger partial charge on any atom is 0.262 e. The van der Waals surface area contributed by atoms with Crippen LogP contribution in [0.3, 0.4) is 0 Å². The predicted octanol–water partition coefficient (Wildman–Crippen LogP) is 4.06. The van der Waals surface area contributed by atoms with Gasteiger partial charge in [0.1, 0.15) is 0 Å². The summed E-state index contributed by atoms with van der Waals surface area (Å²) in [4.78, 5) is 30.1. The van der Waals surface area contributed by atoms with Gasteiger partial charge in [-0.25, -0.2) is 4.98 Å². The predicted molar refractivity (Wildman–Crippen MR) is 121 cm³/mol. The number of ether oxygens (including phenoxy) is 1. The summed E-state index contributed by atoms with van der Waals surface area (Å²) in [5.74, 6) is 0.0123. The third-order valence-corrected chi connectivity index (χ3v) is 5.83. The van der Waals surface area contributed by atoms with Crippen molar-refractivity contribution in [2.45, 2.75) is 31.1 Å². The van der Waals surface area contributed by atoms with E-state index in [1.165, 1.54) is 11.8 Å². The third-order valence-electron chi connectivity index (χ3n) is 4.62. The molecule has 0 saturated heterocycles. The molecule has 0 unspecified atom stereocenters. The van der Waals surface area contributed by atoms with Crippen molar-refractivity contribution in [3.05, 3.63) is 69.5 Å². The number of rotatable bonds is 9. The van der Waals surface area contributed by atoms with Crippen molar-refractivity contribution in [3.8, 4) is 0 Å². The molecular formula is C22H24ClN3O3S. The summed E-state index contributed by atoms with van der Waals surface area (Å²) in [6, 6.07) is 14.5. The molecule has 2 aromatic carbocycles. The van der Waals surface area contributed by atoms with Crippen molar-refractivity contribution >= 4 is 40.2 Å². The van der Waals surface area contributed by atoms with Gasteiger partial charge in [0.25, 0.3) is 5.56 Å². The number of nitrogens with zero attached hydrogens (tertiary/aromatic N) is 2. The Morgan fingerprint density at radius 2 is 2.07 bits per heavy atom. The van der Waals surface area contributed by atoms with Gasteiger partial charge in [0, 0.05) is 25.3 Å². The first kappa shape index (κ1) is 22.3. The van der Waals surface area contributed by atoms with Gasteiger partial charge in [0.15, 0.2) is 5.16 Å². The second-order valence-electron chi connectivity index (χ2n) is 6.85. The number of fused-ring (bicyclic) bond motifs is 1. The molecule has 0 aliphatic rings. The van der Waals surface area contributed by atoms with Crippen molar-refractivity contribution < 1.29 is 9.53 Å². The molecule has 0 fully saturated rings. The highest BCUT2D eigenvalue weighted by molar-refractivity contribution is 7.99. The number of aromatic nitrogens is 2. The number of carbonyl (C=O) groups excluding carboxylic acids is 1. The van der Waals surface area contributed by atoms with Gasteiger partial charge in [-0.2, -0.15) is 0 Å². The van der Waals surface area contributed by atoms with Crippen molar-refractivity contribution in [2.24, 2.45) is 0 Å². The van der Waals surface area contributed by atoms with Crippen LogP contribution in [-0.4, -0.2) is 34.9 Å². The van der Waals surface area contributed by atoms with Gasteiger partial charge in [-0.3, -0.25) is 14.2 Å². The second-order valence-corrected chi connectivity index (χ2v) is 8.23. The fraction of sp³-hybridized carbons (Fsp3) is 0.318. The average molecular weight is 446 g/mol. The summed E-state index contributed by atoms with van der Waals surface area (Å²) in [5, 5.41) is 4.69. The highest BCUT2D eigenvalue weighted by atomic mass is 35.5. The van der Waals surface area contributed by atoms with Crippen molar-refractivity contribution in [3.63, 3.8) is 0 Å². The Kier molecular flexibility index (Phi) is 7.90. The first-order chi connectivity index (χ1) is 14.5. The van der Waals surface area contributed by atoms with Crippen molar-refractivity contribution in [2.75, 3.05) is 19.5 Å². The molecule has 0 bridgehead atoms. The van der Waals surface area contributed by atoms with Crippen LogP contribution in [0.5, 0.6) is 0 Å². The Labute approximate surface area is 184 Å². The molecule has 0 saturated carbocycles. The number of carbonyl (C=O) groups is 1. The molecule has 3 rings (SSSR count). The first-order valence-corrected chi connectivity index (χ1v) is 11.0. The fourth-order valence-electron chi connectivity index (χ4n) is 3.09. The minimum absolute atomic E-state index is 0.105. The molecule has 0 radical (unpaired) electrons. The number of hydrogen-bond donors (Lipinski definition) is 1. The van der Waals surface area contributed by atoms with E-state index in [2.05, 4.69) is 10.3 Å². The summed E-state index contributed by atoms with van der Waals surface area (Å²) < 4.78 is 6.73. The van der Waals surface area contributed by atoms with Gasteiger partial charge in [0.05, 0.1) is 22.7 Å². The number of benzene rings is 2. The van der Waals surface area contributed by atoms with E-state index >= 15 is 0 Å². The van der Waals surface area contributed by atoms with E-state index < -0.39 is 0 Å². The zero-order valence-corrected chi connectivity index (χ0v) is 18.5. The molecule has 0 aliphatic carbocycles. The van der Waals surface area contributed by atoms with Crippen LogP contribution in [0.2, 0.25) is 5.02 Å². The Hall–Kier alpha value is -2.35. The largest absolute Gasteiger partial charge is 0.385 e. The van der Waals surface area contributed by atoms with Crippen molar-refractivity contribution in [1.29, 1.82) is 0 Å². The fourth-order valence-corrected chi connectivity index (χ4v) is 4.13.